The van der Waals surface area contributed by atoms with Crippen molar-refractivity contribution in [3.05, 3.63) is 70.8 Å². The van der Waals surface area contributed by atoms with Crippen LogP contribution in [0.15, 0.2) is 59.6 Å². The predicted molar refractivity (Wildman–Crippen MR) is 144 cm³/mol. The molecule has 0 radical (unpaired) electrons. The van der Waals surface area contributed by atoms with Gasteiger partial charge in [0.1, 0.15) is 16.6 Å². The van der Waals surface area contributed by atoms with Crippen LogP contribution in [-0.2, 0) is 22.7 Å². The van der Waals surface area contributed by atoms with Gasteiger partial charge < -0.3 is 14.6 Å². The Morgan fingerprint density at radius 2 is 1.91 bits per heavy atom. The molecule has 1 aliphatic heterocycles. The quantitative estimate of drug-likeness (QED) is 0.357. The summed E-state index contributed by atoms with van der Waals surface area (Å²) in [6.07, 6.45) is 8.32. The molecule has 1 N–H and O–H groups in total. The van der Waals surface area contributed by atoms with Crippen LogP contribution in [0.4, 0.5) is 0 Å². The maximum absolute atomic E-state index is 13.2. The Labute approximate surface area is 214 Å². The summed E-state index contributed by atoms with van der Waals surface area (Å²) < 4.78 is 7.71. The van der Waals surface area contributed by atoms with Gasteiger partial charge in [-0.1, -0.05) is 67.2 Å². The van der Waals surface area contributed by atoms with Crippen molar-refractivity contribution in [3.63, 3.8) is 0 Å². The van der Waals surface area contributed by atoms with E-state index in [2.05, 4.69) is 5.32 Å². The van der Waals surface area contributed by atoms with Crippen molar-refractivity contribution in [2.24, 2.45) is 0 Å². The number of fused-ring (bicyclic) bond motifs is 1. The van der Waals surface area contributed by atoms with E-state index in [9.17, 15) is 9.59 Å². The number of ether oxygens (including phenoxy) is 1. The number of methoxy groups -OCH3 is 1. The van der Waals surface area contributed by atoms with E-state index in [0.29, 0.717) is 15.8 Å². The molecule has 5 rings (SSSR count). The Morgan fingerprint density at radius 1 is 1.17 bits per heavy atom. The third-order valence-corrected chi connectivity index (χ3v) is 7.89. The fraction of sp³-hybridized carbons (Fsp3) is 0.296. The largest absolute Gasteiger partial charge is 0.497 e. The molecule has 0 spiro atoms. The van der Waals surface area contributed by atoms with Gasteiger partial charge in [0, 0.05) is 28.7 Å². The van der Waals surface area contributed by atoms with Crippen LogP contribution < -0.4 is 10.1 Å². The number of nitrogens with one attached hydrogen (secondary N) is 1. The van der Waals surface area contributed by atoms with E-state index in [4.69, 9.17) is 17.0 Å². The standard InChI is InChI=1S/C27H27N3O3S2/c1-33-21-12-10-18(11-13-21)15-30-26(32)24(35-27(30)34)14-19-16-29(23-9-5-4-8-22(19)23)17-25(31)28-20-6-2-3-7-20/h4-5,8-14,16,20H,2-3,6-7,15,17H2,1H3,(H,28,31)/b24-14-. The molecule has 1 saturated heterocycles. The molecule has 0 atom stereocenters. The van der Waals surface area contributed by atoms with Crippen molar-refractivity contribution in [3.8, 4) is 5.75 Å². The Kier molecular flexibility index (Phi) is 6.92. The summed E-state index contributed by atoms with van der Waals surface area (Å²) in [5.74, 6) is 0.689. The molecule has 0 unspecified atom stereocenters. The summed E-state index contributed by atoms with van der Waals surface area (Å²) in [4.78, 5) is 28.1. The average molecular weight is 506 g/mol. The summed E-state index contributed by atoms with van der Waals surface area (Å²) in [5.41, 5.74) is 2.85. The van der Waals surface area contributed by atoms with E-state index < -0.39 is 0 Å². The van der Waals surface area contributed by atoms with Gasteiger partial charge in [0.2, 0.25) is 5.91 Å². The highest BCUT2D eigenvalue weighted by atomic mass is 32.2. The highest BCUT2D eigenvalue weighted by Gasteiger charge is 2.32. The number of carbonyl (C=O) groups is 2. The first-order valence-electron chi connectivity index (χ1n) is 11.8. The van der Waals surface area contributed by atoms with E-state index in [1.165, 1.54) is 24.6 Å². The van der Waals surface area contributed by atoms with Crippen LogP contribution >= 0.6 is 24.0 Å². The van der Waals surface area contributed by atoms with Crippen molar-refractivity contribution >= 4 is 57.1 Å². The molecule has 1 aromatic heterocycles. The molecule has 8 heteroatoms. The van der Waals surface area contributed by atoms with Crippen LogP contribution in [-0.4, -0.2) is 38.8 Å². The second-order valence-electron chi connectivity index (χ2n) is 8.89. The van der Waals surface area contributed by atoms with Crippen LogP contribution in [0.5, 0.6) is 5.75 Å². The van der Waals surface area contributed by atoms with E-state index in [-0.39, 0.29) is 24.4 Å². The molecule has 2 fully saturated rings. The van der Waals surface area contributed by atoms with Crippen LogP contribution in [0, 0.1) is 0 Å². The lowest BCUT2D eigenvalue weighted by molar-refractivity contribution is -0.123. The number of carbonyl (C=O) groups excluding carboxylic acids is 2. The Bertz CT molecular complexity index is 1310. The fourth-order valence-corrected chi connectivity index (χ4v) is 5.96. The lowest BCUT2D eigenvalue weighted by Crippen LogP contribution is -2.35. The molecule has 1 aliphatic carbocycles. The molecule has 2 aliphatic rings. The third-order valence-electron chi connectivity index (χ3n) is 6.51. The van der Waals surface area contributed by atoms with Crippen molar-refractivity contribution in [1.29, 1.82) is 0 Å². The first-order chi connectivity index (χ1) is 17.0. The van der Waals surface area contributed by atoms with Crippen molar-refractivity contribution < 1.29 is 14.3 Å². The van der Waals surface area contributed by atoms with E-state index in [1.807, 2.05) is 65.4 Å². The normalized spacial score (nSPS) is 17.6. The highest BCUT2D eigenvalue weighted by Crippen LogP contribution is 2.35. The van der Waals surface area contributed by atoms with Crippen molar-refractivity contribution in [1.82, 2.24) is 14.8 Å². The SMILES string of the molecule is COc1ccc(CN2C(=O)/C(=C/c3cn(CC(=O)NC4CCCC4)c4ccccc34)SC2=S)cc1. The summed E-state index contributed by atoms with van der Waals surface area (Å²) in [7, 11) is 1.63. The number of aromatic nitrogens is 1. The van der Waals surface area contributed by atoms with E-state index >= 15 is 0 Å². The van der Waals surface area contributed by atoms with Gasteiger partial charge in [-0.15, -0.1) is 0 Å². The van der Waals surface area contributed by atoms with Crippen molar-refractivity contribution in [2.45, 2.75) is 44.8 Å². The second-order valence-corrected chi connectivity index (χ2v) is 10.6. The number of rotatable bonds is 7. The molecule has 1 saturated carbocycles. The number of nitrogens with zero attached hydrogens (tertiary/aromatic N) is 2. The monoisotopic (exact) mass is 505 g/mol. The molecular weight excluding hydrogens is 478 g/mol. The zero-order valence-corrected chi connectivity index (χ0v) is 21.2. The summed E-state index contributed by atoms with van der Waals surface area (Å²) in [6, 6.07) is 15.9. The van der Waals surface area contributed by atoms with Gasteiger partial charge in [-0.2, -0.15) is 0 Å². The van der Waals surface area contributed by atoms with Gasteiger partial charge in [0.25, 0.3) is 5.91 Å². The molecule has 2 amide bonds. The summed E-state index contributed by atoms with van der Waals surface area (Å²) in [6.45, 7) is 0.665. The minimum absolute atomic E-state index is 0.0232. The van der Waals surface area contributed by atoms with Gasteiger partial charge >= 0.3 is 0 Å². The minimum atomic E-state index is -0.105. The molecule has 6 nitrogen and oxygen atoms in total. The number of amides is 2. The topological polar surface area (TPSA) is 63.6 Å². The maximum Gasteiger partial charge on any atom is 0.266 e. The number of hydrogen-bond donors (Lipinski definition) is 1. The van der Waals surface area contributed by atoms with Crippen molar-refractivity contribution in [2.75, 3.05) is 7.11 Å². The second kappa shape index (κ2) is 10.3. The lowest BCUT2D eigenvalue weighted by Gasteiger charge is -2.14. The molecule has 2 heterocycles. The summed E-state index contributed by atoms with van der Waals surface area (Å²) in [5, 5.41) is 4.16. The molecule has 3 aromatic rings. The number of para-hydroxylation sites is 1. The predicted octanol–water partition coefficient (Wildman–Crippen LogP) is 5.11. The van der Waals surface area contributed by atoms with Gasteiger partial charge in [0.05, 0.1) is 18.6 Å². The van der Waals surface area contributed by atoms with Gasteiger partial charge in [-0.3, -0.25) is 14.5 Å². The molecule has 180 valence electrons. The summed E-state index contributed by atoms with van der Waals surface area (Å²) >= 11 is 6.84. The van der Waals surface area contributed by atoms with Gasteiger partial charge in [0.15, 0.2) is 0 Å². The number of benzene rings is 2. The fourth-order valence-electron chi connectivity index (χ4n) is 4.71. The van der Waals surface area contributed by atoms with Crippen LogP contribution in [0.25, 0.3) is 17.0 Å². The Hall–Kier alpha value is -3.10. The molecule has 35 heavy (non-hydrogen) atoms. The van der Waals surface area contributed by atoms with Gasteiger partial charge in [-0.25, -0.2) is 0 Å². The maximum atomic E-state index is 13.2. The molecule has 2 aromatic carbocycles. The van der Waals surface area contributed by atoms with Crippen LogP contribution in [0.2, 0.25) is 0 Å². The van der Waals surface area contributed by atoms with E-state index in [1.54, 1.807) is 12.0 Å². The average Bonchev–Trinajstić information content (AvgIpc) is 3.56. The van der Waals surface area contributed by atoms with Crippen LogP contribution in [0.3, 0.4) is 0 Å². The minimum Gasteiger partial charge on any atom is -0.497 e. The zero-order valence-electron chi connectivity index (χ0n) is 19.5. The first-order valence-corrected chi connectivity index (χ1v) is 13.0. The van der Waals surface area contributed by atoms with E-state index in [0.717, 1.165) is 40.6 Å². The number of thiocarbonyl (C=S) groups is 1. The van der Waals surface area contributed by atoms with Crippen LogP contribution in [0.1, 0.15) is 36.8 Å². The number of hydrogen-bond acceptors (Lipinski definition) is 5. The first kappa shape index (κ1) is 23.6. The Morgan fingerprint density at radius 3 is 2.66 bits per heavy atom. The third kappa shape index (κ3) is 5.13. The molecular formula is C27H27N3O3S2. The highest BCUT2D eigenvalue weighted by molar-refractivity contribution is 8.26. The lowest BCUT2D eigenvalue weighted by atomic mass is 10.1. The van der Waals surface area contributed by atoms with Gasteiger partial charge in [-0.05, 0) is 42.7 Å². The smallest absolute Gasteiger partial charge is 0.266 e. The zero-order chi connectivity index (χ0) is 24.4. The molecule has 0 bridgehead atoms. The Balaban J connectivity index is 1.36. The number of thioether (sulfide) groups is 1.